The first-order valence-electron chi connectivity index (χ1n) is 8.29. The van der Waals surface area contributed by atoms with Crippen LogP contribution in [0.1, 0.15) is 31.2 Å². The summed E-state index contributed by atoms with van der Waals surface area (Å²) in [5.41, 5.74) is 1.91. The van der Waals surface area contributed by atoms with Gasteiger partial charge in [-0.25, -0.2) is 4.98 Å². The van der Waals surface area contributed by atoms with Crippen molar-refractivity contribution >= 4 is 10.9 Å². The molecule has 0 unspecified atom stereocenters. The summed E-state index contributed by atoms with van der Waals surface area (Å²) in [7, 11) is 0. The van der Waals surface area contributed by atoms with Crippen LogP contribution in [0.2, 0.25) is 0 Å². The summed E-state index contributed by atoms with van der Waals surface area (Å²) in [6.07, 6.45) is 8.75. The Labute approximate surface area is 135 Å². The molecule has 0 N–H and O–H groups in total. The van der Waals surface area contributed by atoms with Gasteiger partial charge in [-0.05, 0) is 50.9 Å². The highest BCUT2D eigenvalue weighted by atomic mass is 16.5. The van der Waals surface area contributed by atoms with E-state index in [1.807, 2.05) is 12.1 Å². The minimum atomic E-state index is 0.193. The van der Waals surface area contributed by atoms with Gasteiger partial charge in [0.2, 0.25) is 5.88 Å². The highest BCUT2D eigenvalue weighted by Crippen LogP contribution is 2.39. The van der Waals surface area contributed by atoms with Crippen molar-refractivity contribution in [3.8, 4) is 11.9 Å². The van der Waals surface area contributed by atoms with E-state index in [4.69, 9.17) is 10.00 Å². The van der Waals surface area contributed by atoms with Crippen LogP contribution < -0.4 is 4.74 Å². The molecule has 0 aliphatic carbocycles. The molecule has 2 aliphatic heterocycles. The standard InChI is InChI=1S/C18H20N4O/c19-7-3-14-11-15-12-20-8-4-16(15)21-17(14)23-13-18-5-1-9-22(18)10-2-6-18/h4,8,11-12H,1-3,5-6,9-10,13H2. The average molecular weight is 308 g/mol. The number of nitriles is 1. The van der Waals surface area contributed by atoms with Crippen molar-refractivity contribution in [2.45, 2.75) is 37.6 Å². The van der Waals surface area contributed by atoms with Gasteiger partial charge in [-0.3, -0.25) is 9.88 Å². The molecule has 0 bridgehead atoms. The first-order valence-corrected chi connectivity index (χ1v) is 8.29. The predicted molar refractivity (Wildman–Crippen MR) is 87.1 cm³/mol. The molecular formula is C18H20N4O. The van der Waals surface area contributed by atoms with Gasteiger partial charge in [0, 0.05) is 23.3 Å². The third-order valence-electron chi connectivity index (χ3n) is 5.21. The van der Waals surface area contributed by atoms with Gasteiger partial charge < -0.3 is 4.74 Å². The maximum absolute atomic E-state index is 9.09. The lowest BCUT2D eigenvalue weighted by Crippen LogP contribution is -2.43. The number of hydrogen-bond donors (Lipinski definition) is 0. The second kappa shape index (κ2) is 5.78. The molecule has 2 saturated heterocycles. The SMILES string of the molecule is N#CCc1cc2cnccc2nc1OCC12CCCN1CCC2. The Bertz CT molecular complexity index is 757. The van der Waals surface area contributed by atoms with Crippen molar-refractivity contribution in [2.24, 2.45) is 0 Å². The quantitative estimate of drug-likeness (QED) is 0.869. The first kappa shape index (κ1) is 14.4. The number of ether oxygens (including phenoxy) is 1. The third kappa shape index (κ3) is 2.53. The van der Waals surface area contributed by atoms with E-state index in [0.717, 1.165) is 16.5 Å². The molecule has 0 spiro atoms. The van der Waals surface area contributed by atoms with Gasteiger partial charge in [0.05, 0.1) is 23.5 Å². The molecule has 2 aromatic heterocycles. The molecule has 0 aromatic carbocycles. The van der Waals surface area contributed by atoms with E-state index in [2.05, 4.69) is 20.9 Å². The van der Waals surface area contributed by atoms with Gasteiger partial charge in [-0.15, -0.1) is 0 Å². The fourth-order valence-corrected chi connectivity index (χ4v) is 4.04. The first-order chi connectivity index (χ1) is 11.3. The van der Waals surface area contributed by atoms with Crippen LogP contribution in [-0.4, -0.2) is 40.1 Å². The molecule has 2 fully saturated rings. The van der Waals surface area contributed by atoms with Gasteiger partial charge in [0.25, 0.3) is 0 Å². The Balaban J connectivity index is 1.62. The third-order valence-corrected chi connectivity index (χ3v) is 5.21. The van der Waals surface area contributed by atoms with Crippen molar-refractivity contribution in [3.05, 3.63) is 30.1 Å². The molecule has 0 radical (unpaired) electrons. The van der Waals surface area contributed by atoms with E-state index in [9.17, 15) is 0 Å². The summed E-state index contributed by atoms with van der Waals surface area (Å²) in [5, 5.41) is 10.0. The topological polar surface area (TPSA) is 62.0 Å². The highest BCUT2D eigenvalue weighted by molar-refractivity contribution is 5.79. The monoisotopic (exact) mass is 308 g/mol. The fourth-order valence-electron chi connectivity index (χ4n) is 4.04. The molecule has 118 valence electrons. The molecule has 2 aromatic rings. The van der Waals surface area contributed by atoms with Crippen LogP contribution in [0.3, 0.4) is 0 Å². The van der Waals surface area contributed by atoms with E-state index >= 15 is 0 Å². The predicted octanol–water partition coefficient (Wildman–Crippen LogP) is 2.70. The highest BCUT2D eigenvalue weighted by Gasteiger charge is 2.44. The zero-order chi connectivity index (χ0) is 15.7. The Morgan fingerprint density at radius 3 is 2.91 bits per heavy atom. The van der Waals surface area contributed by atoms with Gasteiger partial charge in [0.15, 0.2) is 0 Å². The molecule has 0 atom stereocenters. The summed E-state index contributed by atoms with van der Waals surface area (Å²) < 4.78 is 6.16. The van der Waals surface area contributed by atoms with Gasteiger partial charge in [-0.2, -0.15) is 5.26 Å². The molecular weight excluding hydrogens is 288 g/mol. The lowest BCUT2D eigenvalue weighted by atomic mass is 9.95. The number of rotatable bonds is 4. The Hall–Kier alpha value is -2.19. The van der Waals surface area contributed by atoms with Gasteiger partial charge in [0.1, 0.15) is 6.61 Å². The number of aromatic nitrogens is 2. The van der Waals surface area contributed by atoms with Crippen molar-refractivity contribution < 1.29 is 4.74 Å². The average Bonchev–Trinajstić information content (AvgIpc) is 3.13. The van der Waals surface area contributed by atoms with Crippen molar-refractivity contribution in [2.75, 3.05) is 19.7 Å². The summed E-state index contributed by atoms with van der Waals surface area (Å²) in [6.45, 7) is 3.05. The number of nitrogens with zero attached hydrogens (tertiary/aromatic N) is 4. The van der Waals surface area contributed by atoms with Crippen LogP contribution in [0.4, 0.5) is 0 Å². The van der Waals surface area contributed by atoms with Crippen LogP contribution in [0.5, 0.6) is 5.88 Å². The summed E-state index contributed by atoms with van der Waals surface area (Å²) >= 11 is 0. The van der Waals surface area contributed by atoms with Crippen LogP contribution in [0.25, 0.3) is 10.9 Å². The van der Waals surface area contributed by atoms with E-state index in [1.165, 1.54) is 38.8 Å². The minimum absolute atomic E-state index is 0.193. The Morgan fingerprint density at radius 1 is 1.30 bits per heavy atom. The van der Waals surface area contributed by atoms with Gasteiger partial charge in [-0.1, -0.05) is 0 Å². The van der Waals surface area contributed by atoms with Crippen LogP contribution in [0.15, 0.2) is 24.5 Å². The fraction of sp³-hybridized carbons (Fsp3) is 0.500. The number of fused-ring (bicyclic) bond motifs is 2. The summed E-state index contributed by atoms with van der Waals surface area (Å²) in [6, 6.07) is 6.07. The Morgan fingerprint density at radius 2 is 2.13 bits per heavy atom. The number of pyridine rings is 2. The maximum atomic E-state index is 9.09. The Kier molecular flexibility index (Phi) is 3.62. The lowest BCUT2D eigenvalue weighted by molar-refractivity contribution is 0.110. The molecule has 0 amide bonds. The van der Waals surface area contributed by atoms with E-state index < -0.39 is 0 Å². The molecule has 0 saturated carbocycles. The van der Waals surface area contributed by atoms with E-state index in [1.54, 1.807) is 12.4 Å². The van der Waals surface area contributed by atoms with Gasteiger partial charge >= 0.3 is 0 Å². The van der Waals surface area contributed by atoms with Crippen molar-refractivity contribution in [3.63, 3.8) is 0 Å². The summed E-state index contributed by atoms with van der Waals surface area (Å²) in [4.78, 5) is 11.3. The number of hydrogen-bond acceptors (Lipinski definition) is 5. The van der Waals surface area contributed by atoms with E-state index in [-0.39, 0.29) is 5.54 Å². The zero-order valence-electron chi connectivity index (χ0n) is 13.2. The van der Waals surface area contributed by atoms with Crippen LogP contribution in [0, 0.1) is 11.3 Å². The van der Waals surface area contributed by atoms with Crippen molar-refractivity contribution in [1.82, 2.24) is 14.9 Å². The van der Waals surface area contributed by atoms with Crippen LogP contribution in [-0.2, 0) is 6.42 Å². The molecule has 5 nitrogen and oxygen atoms in total. The van der Waals surface area contributed by atoms with Crippen molar-refractivity contribution in [1.29, 1.82) is 5.26 Å². The normalized spacial score (nSPS) is 19.6. The summed E-state index contributed by atoms with van der Waals surface area (Å²) in [5.74, 6) is 0.610. The smallest absolute Gasteiger partial charge is 0.218 e. The largest absolute Gasteiger partial charge is 0.475 e. The zero-order valence-corrected chi connectivity index (χ0v) is 13.2. The van der Waals surface area contributed by atoms with Crippen LogP contribution >= 0.6 is 0 Å². The maximum Gasteiger partial charge on any atom is 0.218 e. The molecule has 4 rings (SSSR count). The second-order valence-electron chi connectivity index (χ2n) is 6.56. The second-order valence-corrected chi connectivity index (χ2v) is 6.56. The lowest BCUT2D eigenvalue weighted by Gasteiger charge is -2.31. The minimum Gasteiger partial charge on any atom is -0.475 e. The molecule has 23 heavy (non-hydrogen) atoms. The molecule has 2 aliphatic rings. The molecule has 5 heteroatoms. The molecule has 4 heterocycles. The van der Waals surface area contributed by atoms with E-state index in [0.29, 0.717) is 18.9 Å².